The first-order valence-corrected chi connectivity index (χ1v) is 12.1. The number of aryl methyl sites for hydroxylation is 3. The molecule has 0 unspecified atom stereocenters. The number of carbonyl (C=O) groups is 1. The molecule has 35 heavy (non-hydrogen) atoms. The first kappa shape index (κ1) is 22.9. The van der Waals surface area contributed by atoms with Gasteiger partial charge in [0.15, 0.2) is 0 Å². The van der Waals surface area contributed by atoms with E-state index in [2.05, 4.69) is 62.1 Å². The molecular weight excluding hydrogens is 434 g/mol. The van der Waals surface area contributed by atoms with Crippen molar-refractivity contribution in [3.63, 3.8) is 0 Å². The maximum absolute atomic E-state index is 13.8. The Morgan fingerprint density at radius 3 is 2.26 bits per heavy atom. The molecule has 178 valence electrons. The summed E-state index contributed by atoms with van der Waals surface area (Å²) in [6.45, 7) is 9.23. The van der Waals surface area contributed by atoms with Crippen molar-refractivity contribution in [3.8, 4) is 17.0 Å². The van der Waals surface area contributed by atoms with Gasteiger partial charge in [-0.2, -0.15) is 0 Å². The highest BCUT2D eigenvalue weighted by atomic mass is 16.5. The highest BCUT2D eigenvalue weighted by Gasteiger charge is 2.25. The number of amides is 1. The van der Waals surface area contributed by atoms with Gasteiger partial charge in [-0.1, -0.05) is 30.3 Å². The van der Waals surface area contributed by atoms with Crippen molar-refractivity contribution in [2.75, 3.05) is 38.2 Å². The van der Waals surface area contributed by atoms with Gasteiger partial charge in [0.05, 0.1) is 23.9 Å². The van der Waals surface area contributed by atoms with Crippen LogP contribution >= 0.6 is 0 Å². The average Bonchev–Trinajstić information content (AvgIpc) is 2.90. The van der Waals surface area contributed by atoms with Crippen molar-refractivity contribution in [1.82, 2.24) is 9.88 Å². The molecule has 1 amide bonds. The molecule has 0 spiro atoms. The maximum atomic E-state index is 13.8. The summed E-state index contributed by atoms with van der Waals surface area (Å²) < 4.78 is 5.27. The van der Waals surface area contributed by atoms with E-state index < -0.39 is 0 Å². The number of hydrogen-bond acceptors (Lipinski definition) is 4. The van der Waals surface area contributed by atoms with Crippen LogP contribution in [0.5, 0.6) is 5.75 Å². The summed E-state index contributed by atoms with van der Waals surface area (Å²) in [7, 11) is 1.68. The summed E-state index contributed by atoms with van der Waals surface area (Å²) in [5.41, 5.74) is 8.19. The lowest BCUT2D eigenvalue weighted by atomic mass is 9.99. The minimum absolute atomic E-state index is 0.0717. The van der Waals surface area contributed by atoms with Gasteiger partial charge in [0.2, 0.25) is 0 Å². The van der Waals surface area contributed by atoms with Gasteiger partial charge in [-0.3, -0.25) is 4.79 Å². The number of pyridine rings is 1. The molecule has 5 nitrogen and oxygen atoms in total. The van der Waals surface area contributed by atoms with Crippen molar-refractivity contribution in [3.05, 3.63) is 89.0 Å². The lowest BCUT2D eigenvalue weighted by molar-refractivity contribution is 0.0748. The van der Waals surface area contributed by atoms with Crippen molar-refractivity contribution in [1.29, 1.82) is 0 Å². The van der Waals surface area contributed by atoms with E-state index in [0.29, 0.717) is 13.1 Å². The number of hydrogen-bond donors (Lipinski definition) is 0. The second-order valence-corrected chi connectivity index (χ2v) is 9.30. The number of anilines is 1. The topological polar surface area (TPSA) is 45.7 Å². The Hall–Kier alpha value is -3.86. The van der Waals surface area contributed by atoms with Crippen LogP contribution in [0.2, 0.25) is 0 Å². The molecule has 1 fully saturated rings. The van der Waals surface area contributed by atoms with E-state index in [1.165, 1.54) is 11.1 Å². The van der Waals surface area contributed by atoms with Gasteiger partial charge in [0, 0.05) is 42.8 Å². The monoisotopic (exact) mass is 465 g/mol. The Labute approximate surface area is 207 Å². The predicted molar refractivity (Wildman–Crippen MR) is 143 cm³/mol. The summed E-state index contributed by atoms with van der Waals surface area (Å²) in [5.74, 6) is 0.921. The Kier molecular flexibility index (Phi) is 6.16. The molecular formula is C30H31N3O2. The lowest BCUT2D eigenvalue weighted by Gasteiger charge is -2.36. The highest BCUT2D eigenvalue weighted by Crippen LogP contribution is 2.29. The molecule has 0 bridgehead atoms. The molecule has 0 atom stereocenters. The fourth-order valence-electron chi connectivity index (χ4n) is 4.75. The standard InChI is InChI=1S/C30H31N3O2/c1-20-8-9-23(18-22(20)3)28-19-27(26-7-5-6-21(2)29(26)31-28)30(34)33-16-14-32(15-17-33)24-10-12-25(35-4)13-11-24/h5-13,18-19H,14-17H2,1-4H3. The number of fused-ring (bicyclic) bond motifs is 1. The summed E-state index contributed by atoms with van der Waals surface area (Å²) in [6, 6.07) is 22.5. The zero-order valence-corrected chi connectivity index (χ0v) is 20.8. The average molecular weight is 466 g/mol. The van der Waals surface area contributed by atoms with Crippen LogP contribution in [-0.4, -0.2) is 49.1 Å². The molecule has 5 rings (SSSR count). The van der Waals surface area contributed by atoms with Crippen LogP contribution in [0, 0.1) is 20.8 Å². The van der Waals surface area contributed by atoms with Crippen LogP contribution in [0.4, 0.5) is 5.69 Å². The van der Waals surface area contributed by atoms with E-state index in [1.807, 2.05) is 35.2 Å². The largest absolute Gasteiger partial charge is 0.497 e. The van der Waals surface area contributed by atoms with Crippen LogP contribution in [-0.2, 0) is 0 Å². The molecule has 3 aromatic carbocycles. The third kappa shape index (κ3) is 4.46. The number of aromatic nitrogens is 1. The van der Waals surface area contributed by atoms with Crippen molar-refractivity contribution < 1.29 is 9.53 Å². The van der Waals surface area contributed by atoms with Crippen molar-refractivity contribution in [2.45, 2.75) is 20.8 Å². The maximum Gasteiger partial charge on any atom is 0.254 e. The van der Waals surface area contributed by atoms with Gasteiger partial charge in [-0.25, -0.2) is 4.98 Å². The summed E-state index contributed by atoms with van der Waals surface area (Å²) >= 11 is 0. The summed E-state index contributed by atoms with van der Waals surface area (Å²) in [6.07, 6.45) is 0. The number of carbonyl (C=O) groups excluding carboxylic acids is 1. The Morgan fingerprint density at radius 2 is 1.57 bits per heavy atom. The summed E-state index contributed by atoms with van der Waals surface area (Å²) in [4.78, 5) is 23.1. The Morgan fingerprint density at radius 1 is 0.829 bits per heavy atom. The van der Waals surface area contributed by atoms with Crippen molar-refractivity contribution in [2.24, 2.45) is 0 Å². The van der Waals surface area contributed by atoms with Crippen molar-refractivity contribution >= 4 is 22.5 Å². The van der Waals surface area contributed by atoms with Gasteiger partial charge in [-0.05, 0) is 73.9 Å². The molecule has 5 heteroatoms. The van der Waals surface area contributed by atoms with Gasteiger partial charge < -0.3 is 14.5 Å². The van der Waals surface area contributed by atoms with Gasteiger partial charge >= 0.3 is 0 Å². The smallest absolute Gasteiger partial charge is 0.254 e. The second-order valence-electron chi connectivity index (χ2n) is 9.30. The van der Waals surface area contributed by atoms with E-state index in [-0.39, 0.29) is 5.91 Å². The summed E-state index contributed by atoms with van der Waals surface area (Å²) in [5, 5.41) is 0.917. The SMILES string of the molecule is COc1ccc(N2CCN(C(=O)c3cc(-c4ccc(C)c(C)c4)nc4c(C)cccc34)CC2)cc1. The number of nitrogens with zero attached hydrogens (tertiary/aromatic N) is 3. The Bertz CT molecular complexity index is 1390. The zero-order chi connectivity index (χ0) is 24.5. The number of rotatable bonds is 4. The molecule has 4 aromatic rings. The molecule has 1 aromatic heterocycles. The molecule has 0 saturated carbocycles. The third-order valence-corrected chi connectivity index (χ3v) is 7.08. The van der Waals surface area contributed by atoms with Crippen LogP contribution in [0.1, 0.15) is 27.0 Å². The van der Waals surface area contributed by atoms with Crippen LogP contribution in [0.25, 0.3) is 22.2 Å². The number of ether oxygens (including phenoxy) is 1. The first-order valence-electron chi connectivity index (χ1n) is 12.1. The fourth-order valence-corrected chi connectivity index (χ4v) is 4.75. The predicted octanol–water partition coefficient (Wildman–Crippen LogP) is 5.80. The number of methoxy groups -OCH3 is 1. The molecule has 1 aliphatic rings. The molecule has 1 aliphatic heterocycles. The van der Waals surface area contributed by atoms with E-state index in [9.17, 15) is 4.79 Å². The molecule has 0 aliphatic carbocycles. The molecule has 0 radical (unpaired) electrons. The minimum atomic E-state index is 0.0717. The molecule has 0 N–H and O–H groups in total. The van der Waals surface area contributed by atoms with E-state index >= 15 is 0 Å². The fraction of sp³-hybridized carbons (Fsp3) is 0.267. The Balaban J connectivity index is 1.45. The van der Waals surface area contributed by atoms with Crippen LogP contribution in [0.15, 0.2) is 66.7 Å². The zero-order valence-electron chi connectivity index (χ0n) is 20.8. The van der Waals surface area contributed by atoms with Crippen LogP contribution < -0.4 is 9.64 Å². The van der Waals surface area contributed by atoms with E-state index in [4.69, 9.17) is 9.72 Å². The van der Waals surface area contributed by atoms with Gasteiger partial charge in [-0.15, -0.1) is 0 Å². The van der Waals surface area contributed by atoms with Gasteiger partial charge in [0.25, 0.3) is 5.91 Å². The van der Waals surface area contributed by atoms with Gasteiger partial charge in [0.1, 0.15) is 5.75 Å². The minimum Gasteiger partial charge on any atom is -0.497 e. The number of para-hydroxylation sites is 1. The normalized spacial score (nSPS) is 13.8. The molecule has 1 saturated heterocycles. The quantitative estimate of drug-likeness (QED) is 0.382. The van der Waals surface area contributed by atoms with E-state index in [1.54, 1.807) is 7.11 Å². The van der Waals surface area contributed by atoms with Crippen LogP contribution in [0.3, 0.4) is 0 Å². The number of piperazine rings is 1. The molecule has 2 heterocycles. The number of benzene rings is 3. The first-order chi connectivity index (χ1) is 16.9. The third-order valence-electron chi connectivity index (χ3n) is 7.08. The highest BCUT2D eigenvalue weighted by molar-refractivity contribution is 6.08. The van der Waals surface area contributed by atoms with E-state index in [0.717, 1.165) is 57.8 Å². The second kappa shape index (κ2) is 9.41. The lowest BCUT2D eigenvalue weighted by Crippen LogP contribution is -2.48.